The maximum absolute atomic E-state index is 4.37. The van der Waals surface area contributed by atoms with E-state index >= 15 is 0 Å². The van der Waals surface area contributed by atoms with Gasteiger partial charge in [-0.15, -0.1) is 0 Å². The summed E-state index contributed by atoms with van der Waals surface area (Å²) in [5.74, 6) is 0.637. The average molecular weight is 306 g/mol. The Kier molecular flexibility index (Phi) is 3.97. The molecule has 0 aliphatic heterocycles. The molecule has 2 aromatic rings. The lowest BCUT2D eigenvalue weighted by Gasteiger charge is -2.09. The van der Waals surface area contributed by atoms with Crippen LogP contribution in [0.4, 0.5) is 11.6 Å². The van der Waals surface area contributed by atoms with Gasteiger partial charge in [0, 0.05) is 15.9 Å². The zero-order chi connectivity index (χ0) is 13.1. The zero-order valence-electron chi connectivity index (χ0n) is 10.8. The molecular weight excluding hydrogens is 290 g/mol. The summed E-state index contributed by atoms with van der Waals surface area (Å²) in [4.78, 5) is 8.74. The standard InChI is InChI=1S/C14H16BrN3/c1-4-11-5-6-13(12(15)8-11)18-14-16-9(2)7-10(3)17-14/h5-8H,4H2,1-3H3,(H,16,17,18). The summed E-state index contributed by atoms with van der Waals surface area (Å²) in [5, 5.41) is 3.24. The number of nitrogens with one attached hydrogen (secondary N) is 1. The number of nitrogens with zero attached hydrogens (tertiary/aromatic N) is 2. The highest BCUT2D eigenvalue weighted by Gasteiger charge is 2.04. The van der Waals surface area contributed by atoms with E-state index in [1.54, 1.807) is 0 Å². The number of aryl methyl sites for hydroxylation is 3. The molecule has 0 saturated heterocycles. The minimum atomic E-state index is 0.637. The van der Waals surface area contributed by atoms with Gasteiger partial charge in [-0.2, -0.15) is 0 Å². The van der Waals surface area contributed by atoms with E-state index in [2.05, 4.69) is 50.3 Å². The summed E-state index contributed by atoms with van der Waals surface area (Å²) in [5.41, 5.74) is 4.21. The summed E-state index contributed by atoms with van der Waals surface area (Å²) in [6.07, 6.45) is 1.03. The molecule has 0 bridgehead atoms. The van der Waals surface area contributed by atoms with E-state index in [0.29, 0.717) is 5.95 Å². The molecule has 0 aliphatic carbocycles. The molecule has 94 valence electrons. The fourth-order valence-corrected chi connectivity index (χ4v) is 2.31. The van der Waals surface area contributed by atoms with Gasteiger partial charge >= 0.3 is 0 Å². The zero-order valence-corrected chi connectivity index (χ0v) is 12.4. The van der Waals surface area contributed by atoms with Crippen molar-refractivity contribution < 1.29 is 0 Å². The molecule has 1 aromatic carbocycles. The fraction of sp³-hybridized carbons (Fsp3) is 0.286. The van der Waals surface area contributed by atoms with Gasteiger partial charge in [0.05, 0.1) is 5.69 Å². The summed E-state index contributed by atoms with van der Waals surface area (Å²) in [6, 6.07) is 8.23. The van der Waals surface area contributed by atoms with Crippen LogP contribution in [0.3, 0.4) is 0 Å². The molecule has 1 N–H and O–H groups in total. The van der Waals surface area contributed by atoms with Gasteiger partial charge in [-0.25, -0.2) is 9.97 Å². The van der Waals surface area contributed by atoms with Crippen molar-refractivity contribution in [1.82, 2.24) is 9.97 Å². The van der Waals surface area contributed by atoms with E-state index in [9.17, 15) is 0 Å². The normalized spacial score (nSPS) is 10.4. The van der Waals surface area contributed by atoms with Crippen molar-refractivity contribution in [1.29, 1.82) is 0 Å². The molecule has 0 fully saturated rings. The number of anilines is 2. The van der Waals surface area contributed by atoms with Crippen molar-refractivity contribution in [2.45, 2.75) is 27.2 Å². The first-order chi connectivity index (χ1) is 8.58. The van der Waals surface area contributed by atoms with Gasteiger partial charge in [0.1, 0.15) is 0 Å². The van der Waals surface area contributed by atoms with Crippen molar-refractivity contribution in [2.75, 3.05) is 5.32 Å². The van der Waals surface area contributed by atoms with Gasteiger partial charge in [-0.1, -0.05) is 13.0 Å². The Balaban J connectivity index is 2.28. The van der Waals surface area contributed by atoms with Crippen molar-refractivity contribution in [2.24, 2.45) is 0 Å². The van der Waals surface area contributed by atoms with Crippen molar-refractivity contribution >= 4 is 27.6 Å². The third-order valence-electron chi connectivity index (χ3n) is 2.67. The fourth-order valence-electron chi connectivity index (χ4n) is 1.78. The van der Waals surface area contributed by atoms with Gasteiger partial charge in [-0.05, 0) is 60.0 Å². The van der Waals surface area contributed by atoms with E-state index in [4.69, 9.17) is 0 Å². The van der Waals surface area contributed by atoms with Crippen LogP contribution in [0, 0.1) is 13.8 Å². The molecule has 2 rings (SSSR count). The molecule has 18 heavy (non-hydrogen) atoms. The molecule has 0 aliphatic rings. The first-order valence-electron chi connectivity index (χ1n) is 5.96. The van der Waals surface area contributed by atoms with E-state index in [-0.39, 0.29) is 0 Å². The first-order valence-corrected chi connectivity index (χ1v) is 6.75. The molecule has 0 unspecified atom stereocenters. The minimum Gasteiger partial charge on any atom is -0.323 e. The number of rotatable bonds is 3. The van der Waals surface area contributed by atoms with Crippen molar-refractivity contribution in [3.05, 3.63) is 45.7 Å². The van der Waals surface area contributed by atoms with Crippen LogP contribution in [0.1, 0.15) is 23.9 Å². The summed E-state index contributed by atoms with van der Waals surface area (Å²) in [7, 11) is 0. The molecule has 3 nitrogen and oxygen atoms in total. The topological polar surface area (TPSA) is 37.8 Å². The Morgan fingerprint density at radius 1 is 1.11 bits per heavy atom. The Labute approximate surface area is 116 Å². The van der Waals surface area contributed by atoms with Gasteiger partial charge in [0.2, 0.25) is 5.95 Å². The summed E-state index contributed by atoms with van der Waals surface area (Å²) in [6.45, 7) is 6.08. The number of aromatic nitrogens is 2. The molecule has 0 atom stereocenters. The van der Waals surface area contributed by atoms with Crippen LogP contribution in [-0.2, 0) is 6.42 Å². The molecule has 0 radical (unpaired) electrons. The molecule has 4 heteroatoms. The van der Waals surface area contributed by atoms with Gasteiger partial charge in [0.15, 0.2) is 0 Å². The number of hydrogen-bond acceptors (Lipinski definition) is 3. The van der Waals surface area contributed by atoms with Gasteiger partial charge in [-0.3, -0.25) is 0 Å². The Morgan fingerprint density at radius 2 is 1.78 bits per heavy atom. The monoisotopic (exact) mass is 305 g/mol. The molecule has 1 heterocycles. The predicted molar refractivity (Wildman–Crippen MR) is 78.3 cm³/mol. The van der Waals surface area contributed by atoms with E-state index in [0.717, 1.165) is 28.0 Å². The Hall–Kier alpha value is -1.42. The van der Waals surface area contributed by atoms with Crippen molar-refractivity contribution in [3.63, 3.8) is 0 Å². The third kappa shape index (κ3) is 3.07. The summed E-state index contributed by atoms with van der Waals surface area (Å²) >= 11 is 3.56. The number of hydrogen-bond donors (Lipinski definition) is 1. The smallest absolute Gasteiger partial charge is 0.227 e. The molecular formula is C14H16BrN3. The van der Waals surface area contributed by atoms with E-state index < -0.39 is 0 Å². The molecule has 0 spiro atoms. The van der Waals surface area contributed by atoms with Crippen LogP contribution in [0.15, 0.2) is 28.7 Å². The van der Waals surface area contributed by atoms with E-state index in [1.165, 1.54) is 5.56 Å². The average Bonchev–Trinajstić information content (AvgIpc) is 2.30. The summed E-state index contributed by atoms with van der Waals surface area (Å²) < 4.78 is 1.03. The lowest BCUT2D eigenvalue weighted by molar-refractivity contribution is 1.06. The Morgan fingerprint density at radius 3 is 2.33 bits per heavy atom. The molecule has 0 saturated carbocycles. The van der Waals surface area contributed by atoms with Crippen LogP contribution in [0.2, 0.25) is 0 Å². The lowest BCUT2D eigenvalue weighted by Crippen LogP contribution is -2.00. The number of benzene rings is 1. The maximum Gasteiger partial charge on any atom is 0.227 e. The first kappa shape index (κ1) is 13.0. The quantitative estimate of drug-likeness (QED) is 0.925. The predicted octanol–water partition coefficient (Wildman–Crippen LogP) is 4.16. The van der Waals surface area contributed by atoms with Crippen LogP contribution in [0.25, 0.3) is 0 Å². The lowest BCUT2D eigenvalue weighted by atomic mass is 10.1. The van der Waals surface area contributed by atoms with E-state index in [1.807, 2.05) is 26.0 Å². The van der Waals surface area contributed by atoms with Gasteiger partial charge in [0.25, 0.3) is 0 Å². The maximum atomic E-state index is 4.37. The SMILES string of the molecule is CCc1ccc(Nc2nc(C)cc(C)n2)c(Br)c1. The molecule has 0 amide bonds. The highest BCUT2D eigenvalue weighted by atomic mass is 79.9. The van der Waals surface area contributed by atoms with Gasteiger partial charge < -0.3 is 5.32 Å². The second-order valence-electron chi connectivity index (χ2n) is 4.27. The Bertz CT molecular complexity index is 547. The number of halogens is 1. The highest BCUT2D eigenvalue weighted by molar-refractivity contribution is 9.10. The largest absolute Gasteiger partial charge is 0.323 e. The van der Waals surface area contributed by atoms with Crippen LogP contribution >= 0.6 is 15.9 Å². The second-order valence-corrected chi connectivity index (χ2v) is 5.12. The van der Waals surface area contributed by atoms with Crippen LogP contribution in [0.5, 0.6) is 0 Å². The molecule has 1 aromatic heterocycles. The minimum absolute atomic E-state index is 0.637. The third-order valence-corrected chi connectivity index (χ3v) is 3.33. The van der Waals surface area contributed by atoms with Crippen molar-refractivity contribution in [3.8, 4) is 0 Å². The van der Waals surface area contributed by atoms with Crippen LogP contribution in [-0.4, -0.2) is 9.97 Å². The second kappa shape index (κ2) is 5.48. The highest BCUT2D eigenvalue weighted by Crippen LogP contribution is 2.26. The van der Waals surface area contributed by atoms with Crippen LogP contribution < -0.4 is 5.32 Å².